The number of nitrogens with one attached hydrogen (secondary N) is 1. The molecule has 0 saturated carbocycles. The van der Waals surface area contributed by atoms with Crippen LogP contribution in [0.4, 0.5) is 4.79 Å². The van der Waals surface area contributed by atoms with E-state index in [1.54, 1.807) is 0 Å². The van der Waals surface area contributed by atoms with Crippen molar-refractivity contribution in [3.05, 3.63) is 0 Å². The van der Waals surface area contributed by atoms with Crippen LogP contribution in [0.5, 0.6) is 0 Å². The number of hydrogen-bond acceptors (Lipinski definition) is 2. The third-order valence-corrected chi connectivity index (χ3v) is 3.95. The molecule has 0 spiro atoms. The van der Waals surface area contributed by atoms with Gasteiger partial charge in [-0.2, -0.15) is 0 Å². The maximum atomic E-state index is 12.3. The lowest BCUT2D eigenvalue weighted by atomic mass is 9.98. The van der Waals surface area contributed by atoms with Crippen molar-refractivity contribution in [3.63, 3.8) is 0 Å². The zero-order valence-electron chi connectivity index (χ0n) is 12.7. The normalized spacial score (nSPS) is 20.5. The average Bonchev–Trinajstić information content (AvgIpc) is 2.43. The largest absolute Gasteiger partial charge is 0.480 e. The molecule has 1 heterocycles. The van der Waals surface area contributed by atoms with Gasteiger partial charge in [-0.05, 0) is 32.1 Å². The van der Waals surface area contributed by atoms with Gasteiger partial charge in [-0.25, -0.2) is 9.59 Å². The number of likely N-dealkylation sites (tertiary alicyclic amines) is 1. The SMILES string of the molecule is CCCCC(NC(=O)N1CCCCC1CCC)C(=O)O. The number of rotatable bonds is 7. The summed E-state index contributed by atoms with van der Waals surface area (Å²) in [4.78, 5) is 25.4. The fourth-order valence-corrected chi connectivity index (χ4v) is 2.80. The molecule has 0 aromatic heterocycles. The minimum Gasteiger partial charge on any atom is -0.480 e. The van der Waals surface area contributed by atoms with Gasteiger partial charge in [0.25, 0.3) is 0 Å². The standard InChI is InChI=1S/C15H28N2O3/c1-3-5-10-13(14(18)19)16-15(20)17-11-7-6-9-12(17)8-4-2/h12-13H,3-11H2,1-2H3,(H,16,20)(H,18,19). The maximum absolute atomic E-state index is 12.3. The Balaban J connectivity index is 2.58. The van der Waals surface area contributed by atoms with Crippen LogP contribution in [0.15, 0.2) is 0 Å². The molecule has 5 nitrogen and oxygen atoms in total. The smallest absolute Gasteiger partial charge is 0.326 e. The lowest BCUT2D eigenvalue weighted by Crippen LogP contribution is -2.52. The fourth-order valence-electron chi connectivity index (χ4n) is 2.80. The first-order valence-electron chi connectivity index (χ1n) is 7.90. The van der Waals surface area contributed by atoms with E-state index in [1.165, 1.54) is 0 Å². The molecule has 0 aromatic rings. The summed E-state index contributed by atoms with van der Waals surface area (Å²) in [5.74, 6) is -0.934. The molecule has 1 fully saturated rings. The van der Waals surface area contributed by atoms with E-state index in [0.717, 1.165) is 51.5 Å². The van der Waals surface area contributed by atoms with Crippen LogP contribution < -0.4 is 5.32 Å². The molecule has 2 atom stereocenters. The molecule has 20 heavy (non-hydrogen) atoms. The van der Waals surface area contributed by atoms with Crippen LogP contribution in [0.1, 0.15) is 65.2 Å². The highest BCUT2D eigenvalue weighted by atomic mass is 16.4. The number of carboxylic acid groups (broad SMARTS) is 1. The van der Waals surface area contributed by atoms with E-state index in [1.807, 2.05) is 11.8 Å². The Hall–Kier alpha value is -1.26. The fraction of sp³-hybridized carbons (Fsp3) is 0.867. The van der Waals surface area contributed by atoms with Gasteiger partial charge in [0.2, 0.25) is 0 Å². The predicted octanol–water partition coefficient (Wildman–Crippen LogP) is 2.99. The highest BCUT2D eigenvalue weighted by Gasteiger charge is 2.28. The van der Waals surface area contributed by atoms with Gasteiger partial charge in [-0.15, -0.1) is 0 Å². The van der Waals surface area contributed by atoms with E-state index in [2.05, 4.69) is 12.2 Å². The number of amides is 2. The van der Waals surface area contributed by atoms with E-state index in [4.69, 9.17) is 0 Å². The zero-order chi connectivity index (χ0) is 15.0. The molecule has 1 aliphatic rings. The Kier molecular flexibility index (Phi) is 7.41. The third-order valence-electron chi connectivity index (χ3n) is 3.95. The van der Waals surface area contributed by atoms with Crippen molar-refractivity contribution in [1.82, 2.24) is 10.2 Å². The average molecular weight is 284 g/mol. The van der Waals surface area contributed by atoms with Crippen molar-refractivity contribution in [2.45, 2.75) is 77.3 Å². The molecule has 5 heteroatoms. The second-order valence-corrected chi connectivity index (χ2v) is 5.61. The molecule has 0 aromatic carbocycles. The number of carbonyl (C=O) groups is 2. The molecule has 0 radical (unpaired) electrons. The van der Waals surface area contributed by atoms with E-state index in [-0.39, 0.29) is 12.1 Å². The van der Waals surface area contributed by atoms with Crippen LogP contribution in [0.25, 0.3) is 0 Å². The molecule has 0 bridgehead atoms. The Morgan fingerprint density at radius 3 is 2.65 bits per heavy atom. The minimum atomic E-state index is -0.934. The highest BCUT2D eigenvalue weighted by molar-refractivity contribution is 5.82. The van der Waals surface area contributed by atoms with E-state index in [9.17, 15) is 14.7 Å². The lowest BCUT2D eigenvalue weighted by molar-refractivity contribution is -0.139. The summed E-state index contributed by atoms with van der Waals surface area (Å²) in [5.41, 5.74) is 0. The quantitative estimate of drug-likeness (QED) is 0.755. The third kappa shape index (κ3) is 5.02. The first-order valence-corrected chi connectivity index (χ1v) is 7.90. The Bertz CT molecular complexity index is 318. The van der Waals surface area contributed by atoms with Crippen LogP contribution in [-0.4, -0.2) is 40.6 Å². The van der Waals surface area contributed by atoms with E-state index in [0.29, 0.717) is 6.42 Å². The van der Waals surface area contributed by atoms with Crippen molar-refractivity contribution in [3.8, 4) is 0 Å². The van der Waals surface area contributed by atoms with Crippen molar-refractivity contribution < 1.29 is 14.7 Å². The summed E-state index contributed by atoms with van der Waals surface area (Å²) >= 11 is 0. The molecule has 2 N–H and O–H groups in total. The first kappa shape index (κ1) is 16.8. The van der Waals surface area contributed by atoms with Gasteiger partial charge in [-0.1, -0.05) is 33.1 Å². The zero-order valence-corrected chi connectivity index (χ0v) is 12.7. The minimum absolute atomic E-state index is 0.202. The van der Waals surface area contributed by atoms with Gasteiger partial charge in [0.1, 0.15) is 6.04 Å². The van der Waals surface area contributed by atoms with Crippen LogP contribution in [0.3, 0.4) is 0 Å². The molecule has 116 valence electrons. The number of nitrogens with zero attached hydrogens (tertiary/aromatic N) is 1. The molecule has 1 saturated heterocycles. The van der Waals surface area contributed by atoms with Gasteiger partial charge in [-0.3, -0.25) is 0 Å². The first-order chi connectivity index (χ1) is 9.60. The van der Waals surface area contributed by atoms with Gasteiger partial charge in [0.15, 0.2) is 0 Å². The number of unbranched alkanes of at least 4 members (excludes halogenated alkanes) is 1. The highest BCUT2D eigenvalue weighted by Crippen LogP contribution is 2.21. The Labute approximate surface area is 121 Å². The topological polar surface area (TPSA) is 69.6 Å². The second-order valence-electron chi connectivity index (χ2n) is 5.61. The summed E-state index contributed by atoms with van der Waals surface area (Å²) < 4.78 is 0. The molecule has 2 amide bonds. The Morgan fingerprint density at radius 1 is 1.30 bits per heavy atom. The summed E-state index contributed by atoms with van der Waals surface area (Å²) in [7, 11) is 0. The van der Waals surface area contributed by atoms with Gasteiger partial charge in [0.05, 0.1) is 0 Å². The number of carbonyl (C=O) groups excluding carboxylic acids is 1. The molecule has 2 unspecified atom stereocenters. The molecular weight excluding hydrogens is 256 g/mol. The predicted molar refractivity (Wildman–Crippen MR) is 78.7 cm³/mol. The van der Waals surface area contributed by atoms with E-state index >= 15 is 0 Å². The number of aliphatic carboxylic acids is 1. The number of carboxylic acids is 1. The maximum Gasteiger partial charge on any atom is 0.326 e. The summed E-state index contributed by atoms with van der Waals surface area (Å²) in [6, 6.07) is -0.687. The monoisotopic (exact) mass is 284 g/mol. The van der Waals surface area contributed by atoms with Crippen LogP contribution >= 0.6 is 0 Å². The number of hydrogen-bond donors (Lipinski definition) is 2. The van der Waals surface area contributed by atoms with Gasteiger partial charge in [0, 0.05) is 12.6 Å². The second kappa shape index (κ2) is 8.82. The lowest BCUT2D eigenvalue weighted by Gasteiger charge is -2.36. The molecule has 1 aliphatic heterocycles. The van der Waals surface area contributed by atoms with Crippen molar-refractivity contribution >= 4 is 12.0 Å². The van der Waals surface area contributed by atoms with Gasteiger partial charge < -0.3 is 15.3 Å². The van der Waals surface area contributed by atoms with Crippen molar-refractivity contribution in [2.75, 3.05) is 6.54 Å². The summed E-state index contributed by atoms with van der Waals surface area (Å²) in [5, 5.41) is 11.9. The van der Waals surface area contributed by atoms with Crippen LogP contribution in [0, 0.1) is 0 Å². The summed E-state index contributed by atoms with van der Waals surface area (Å²) in [6.07, 6.45) is 7.51. The Morgan fingerprint density at radius 2 is 2.05 bits per heavy atom. The van der Waals surface area contributed by atoms with Gasteiger partial charge >= 0.3 is 12.0 Å². The van der Waals surface area contributed by atoms with Crippen molar-refractivity contribution in [1.29, 1.82) is 0 Å². The van der Waals surface area contributed by atoms with Crippen LogP contribution in [0.2, 0.25) is 0 Å². The van der Waals surface area contributed by atoms with E-state index < -0.39 is 12.0 Å². The van der Waals surface area contributed by atoms with Crippen molar-refractivity contribution in [2.24, 2.45) is 0 Å². The number of urea groups is 1. The molecular formula is C15H28N2O3. The number of piperidine rings is 1. The summed E-state index contributed by atoms with van der Waals surface area (Å²) in [6.45, 7) is 4.88. The molecule has 1 rings (SSSR count). The van der Waals surface area contributed by atoms with Crippen LogP contribution in [-0.2, 0) is 4.79 Å². The molecule has 0 aliphatic carbocycles.